The second-order valence-electron chi connectivity index (χ2n) is 12.2. The van der Waals surface area contributed by atoms with E-state index < -0.39 is 12.1 Å². The molecule has 2 atom stereocenters. The fraction of sp³-hybridized carbons (Fsp3) is 0.485. The topological polar surface area (TPSA) is 87.3 Å². The summed E-state index contributed by atoms with van der Waals surface area (Å²) in [5.74, 6) is 0.536. The van der Waals surface area contributed by atoms with E-state index in [1.54, 1.807) is 11.9 Å². The highest BCUT2D eigenvalue weighted by atomic mass is 16.5. The number of carbonyl (C=O) groups excluding carboxylic acids is 2. The van der Waals surface area contributed by atoms with Gasteiger partial charge in [-0.15, -0.1) is 0 Å². The molecule has 2 unspecified atom stereocenters. The number of likely N-dealkylation sites (N-methyl/N-ethyl adjacent to an activating group) is 1. The molecule has 7 heteroatoms. The molecule has 2 bridgehead atoms. The quantitative estimate of drug-likeness (QED) is 0.339. The Hall–Kier alpha value is -3.61. The predicted molar refractivity (Wildman–Crippen MR) is 157 cm³/mol. The Balaban J connectivity index is 1.26. The number of alkyl carbamates (subject to hydrolysis) is 1. The van der Waals surface area contributed by atoms with Crippen molar-refractivity contribution in [3.8, 4) is 11.1 Å². The van der Waals surface area contributed by atoms with Crippen LogP contribution in [0.5, 0.6) is 0 Å². The average molecular weight is 543 g/mol. The van der Waals surface area contributed by atoms with Crippen molar-refractivity contribution < 1.29 is 14.3 Å². The Labute approximate surface area is 237 Å². The number of hydrogen-bond acceptors (Lipinski definition) is 4. The second kappa shape index (κ2) is 11.1. The van der Waals surface area contributed by atoms with Crippen LogP contribution in [0.25, 0.3) is 11.1 Å². The van der Waals surface area contributed by atoms with E-state index in [9.17, 15) is 9.59 Å². The van der Waals surface area contributed by atoms with Gasteiger partial charge in [-0.25, -0.2) is 9.78 Å². The number of hydrogen-bond donors (Lipinski definition) is 2. The number of nitrogens with one attached hydrogen (secondary N) is 2. The van der Waals surface area contributed by atoms with Gasteiger partial charge in [-0.3, -0.25) is 4.79 Å². The molecule has 1 heterocycles. The van der Waals surface area contributed by atoms with E-state index in [0.717, 1.165) is 25.1 Å². The van der Waals surface area contributed by atoms with Crippen LogP contribution in [0.2, 0.25) is 0 Å². The zero-order chi connectivity index (χ0) is 28.5. The van der Waals surface area contributed by atoms with Gasteiger partial charge in [-0.2, -0.15) is 0 Å². The number of methoxy groups -OCH3 is 1. The molecule has 3 fully saturated rings. The molecule has 2 amide bonds. The van der Waals surface area contributed by atoms with E-state index in [2.05, 4.69) is 64.9 Å². The van der Waals surface area contributed by atoms with Crippen molar-refractivity contribution in [1.82, 2.24) is 20.2 Å². The van der Waals surface area contributed by atoms with Crippen LogP contribution < -0.4 is 5.32 Å². The van der Waals surface area contributed by atoms with Crippen LogP contribution in [0, 0.1) is 5.92 Å². The summed E-state index contributed by atoms with van der Waals surface area (Å²) in [5.41, 5.74) is 5.57. The van der Waals surface area contributed by atoms with Crippen molar-refractivity contribution in [1.29, 1.82) is 0 Å². The molecule has 2 N–H and O–H groups in total. The van der Waals surface area contributed by atoms with Gasteiger partial charge < -0.3 is 19.9 Å². The minimum Gasteiger partial charge on any atom is -0.453 e. The summed E-state index contributed by atoms with van der Waals surface area (Å²) in [7, 11) is 3.07. The Kier molecular flexibility index (Phi) is 7.76. The number of imidazole rings is 1. The van der Waals surface area contributed by atoms with E-state index in [1.807, 2.05) is 27.0 Å². The molecule has 3 saturated carbocycles. The first kappa shape index (κ1) is 27.9. The van der Waals surface area contributed by atoms with Crippen LogP contribution in [-0.4, -0.2) is 47.1 Å². The van der Waals surface area contributed by atoms with Crippen molar-refractivity contribution >= 4 is 12.0 Å². The number of aromatic amines is 1. The largest absolute Gasteiger partial charge is 0.453 e. The smallest absolute Gasteiger partial charge is 0.407 e. The number of benzene rings is 2. The van der Waals surface area contributed by atoms with E-state index in [4.69, 9.17) is 9.72 Å². The number of ether oxygens (including phenoxy) is 1. The first-order valence-electron chi connectivity index (χ1n) is 14.5. The lowest BCUT2D eigenvalue weighted by Crippen LogP contribution is -2.50. The van der Waals surface area contributed by atoms with Crippen molar-refractivity contribution in [3.05, 3.63) is 77.9 Å². The van der Waals surface area contributed by atoms with E-state index in [-0.39, 0.29) is 28.7 Å². The zero-order valence-electron chi connectivity index (χ0n) is 24.4. The molecule has 0 radical (unpaired) electrons. The van der Waals surface area contributed by atoms with Gasteiger partial charge in [0.1, 0.15) is 11.9 Å². The van der Waals surface area contributed by atoms with Gasteiger partial charge in [-0.05, 0) is 73.5 Å². The van der Waals surface area contributed by atoms with E-state index >= 15 is 0 Å². The summed E-state index contributed by atoms with van der Waals surface area (Å²) in [5, 5.41) is 2.68. The number of carbonyl (C=O) groups is 2. The van der Waals surface area contributed by atoms with Crippen molar-refractivity contribution in [2.45, 2.75) is 82.2 Å². The summed E-state index contributed by atoms with van der Waals surface area (Å²) in [6.07, 6.45) is 8.32. The van der Waals surface area contributed by atoms with Gasteiger partial charge >= 0.3 is 6.09 Å². The number of aromatic nitrogens is 2. The molecule has 3 aliphatic carbocycles. The highest BCUT2D eigenvalue weighted by molar-refractivity contribution is 5.86. The van der Waals surface area contributed by atoms with Crippen LogP contribution in [0.4, 0.5) is 4.79 Å². The lowest BCUT2D eigenvalue weighted by atomic mass is 9.51. The molecule has 3 aromatic rings. The third kappa shape index (κ3) is 5.14. The summed E-state index contributed by atoms with van der Waals surface area (Å²) in [4.78, 5) is 35.1. The molecular weight excluding hydrogens is 500 g/mol. The third-order valence-electron chi connectivity index (χ3n) is 9.73. The van der Waals surface area contributed by atoms with Gasteiger partial charge in [0.25, 0.3) is 0 Å². The second-order valence-corrected chi connectivity index (χ2v) is 12.2. The Morgan fingerprint density at radius 3 is 2.05 bits per heavy atom. The zero-order valence-corrected chi connectivity index (χ0v) is 24.4. The van der Waals surface area contributed by atoms with Gasteiger partial charge in [-0.1, -0.05) is 68.4 Å². The molecule has 3 aliphatic rings. The molecule has 6 rings (SSSR count). The highest BCUT2D eigenvalue weighted by Crippen LogP contribution is 2.58. The van der Waals surface area contributed by atoms with Crippen LogP contribution in [0.15, 0.2) is 60.8 Å². The normalized spacial score (nSPS) is 23.4. The Bertz CT molecular complexity index is 1310. The standard InChI is InChI=1S/C33H42N4O3/c1-22(2)28(36-31(39)40-5)30(38)37(4)23(3)29-34-21-27(35-29)33-18-15-32(16-19-33,17-20-33)26-13-11-25(12-14-26)24-9-7-6-8-10-24/h6-14,21-23,28H,15-20H2,1-5H3,(H,34,35)(H,36,39). The van der Waals surface area contributed by atoms with Crippen LogP contribution in [-0.2, 0) is 20.4 Å². The van der Waals surface area contributed by atoms with Gasteiger partial charge in [0.05, 0.1) is 13.2 Å². The monoisotopic (exact) mass is 542 g/mol. The number of H-pyrrole nitrogens is 1. The molecule has 2 aromatic carbocycles. The number of rotatable bonds is 8. The summed E-state index contributed by atoms with van der Waals surface area (Å²) in [6, 6.07) is 18.9. The van der Waals surface area contributed by atoms with Crippen molar-refractivity contribution in [3.63, 3.8) is 0 Å². The minimum atomic E-state index is -0.667. The van der Waals surface area contributed by atoms with E-state index in [1.165, 1.54) is 48.8 Å². The summed E-state index contributed by atoms with van der Waals surface area (Å²) < 4.78 is 4.72. The minimum absolute atomic E-state index is 0.0772. The lowest BCUT2D eigenvalue weighted by Gasteiger charge is -2.53. The summed E-state index contributed by atoms with van der Waals surface area (Å²) in [6.45, 7) is 5.79. The highest BCUT2D eigenvalue weighted by Gasteiger charge is 2.50. The molecular formula is C33H42N4O3. The van der Waals surface area contributed by atoms with Gasteiger partial charge in [0.2, 0.25) is 5.91 Å². The average Bonchev–Trinajstić information content (AvgIpc) is 3.51. The number of amides is 2. The van der Waals surface area contributed by atoms with E-state index in [0.29, 0.717) is 0 Å². The Morgan fingerprint density at radius 1 is 0.900 bits per heavy atom. The van der Waals surface area contributed by atoms with Crippen molar-refractivity contribution in [2.75, 3.05) is 14.2 Å². The molecule has 212 valence electrons. The maximum Gasteiger partial charge on any atom is 0.407 e. The van der Waals surface area contributed by atoms with Crippen molar-refractivity contribution in [2.24, 2.45) is 5.92 Å². The van der Waals surface area contributed by atoms with Gasteiger partial charge in [0.15, 0.2) is 0 Å². The Morgan fingerprint density at radius 2 is 1.48 bits per heavy atom. The predicted octanol–water partition coefficient (Wildman–Crippen LogP) is 6.52. The van der Waals surface area contributed by atoms with Crippen LogP contribution in [0.1, 0.15) is 82.4 Å². The molecule has 0 aliphatic heterocycles. The maximum atomic E-state index is 13.3. The number of nitrogens with zero attached hydrogens (tertiary/aromatic N) is 2. The SMILES string of the molecule is COC(=O)NC(C(=O)N(C)C(C)c1ncc(C23CCC(c4ccc(-c5ccccc5)cc4)(CC2)CC3)[nH]1)C(C)C. The molecule has 1 aromatic heterocycles. The van der Waals surface area contributed by atoms with Gasteiger partial charge in [0, 0.05) is 24.4 Å². The lowest BCUT2D eigenvalue weighted by molar-refractivity contribution is -0.135. The fourth-order valence-electron chi connectivity index (χ4n) is 6.78. The van der Waals surface area contributed by atoms with Crippen LogP contribution >= 0.6 is 0 Å². The maximum absolute atomic E-state index is 13.3. The molecule has 0 saturated heterocycles. The van der Waals surface area contributed by atoms with Crippen LogP contribution in [0.3, 0.4) is 0 Å². The fourth-order valence-corrected chi connectivity index (χ4v) is 6.78. The first-order valence-corrected chi connectivity index (χ1v) is 14.5. The molecule has 7 nitrogen and oxygen atoms in total. The molecule has 40 heavy (non-hydrogen) atoms. The summed E-state index contributed by atoms with van der Waals surface area (Å²) >= 11 is 0. The third-order valence-corrected chi connectivity index (χ3v) is 9.73. The number of fused-ring (bicyclic) bond motifs is 3. The first-order chi connectivity index (χ1) is 19.2. The molecule has 0 spiro atoms.